The lowest BCUT2D eigenvalue weighted by Gasteiger charge is -2.41. The molecule has 1 aliphatic carbocycles. The first-order valence-electron chi connectivity index (χ1n) is 5.97. The summed E-state index contributed by atoms with van der Waals surface area (Å²) in [5.41, 5.74) is -0.484. The summed E-state index contributed by atoms with van der Waals surface area (Å²) in [6.45, 7) is 0. The normalized spacial score (nSPS) is 16.3. The fourth-order valence-corrected chi connectivity index (χ4v) is 2.09. The topological polar surface area (TPSA) is 101 Å². The number of aliphatic carboxylic acids is 1. The molecule has 7 nitrogen and oxygen atoms in total. The van der Waals surface area contributed by atoms with Crippen LogP contribution in [0.1, 0.15) is 36.2 Å². The molecule has 0 aliphatic heterocycles. The number of amides is 1. The second kappa shape index (κ2) is 5.21. The van der Waals surface area contributed by atoms with Crippen LogP contribution in [-0.4, -0.2) is 39.8 Å². The van der Waals surface area contributed by atoms with Gasteiger partial charge in [-0.3, -0.25) is 9.59 Å². The summed E-state index contributed by atoms with van der Waals surface area (Å²) in [5.74, 6) is -1.00. The molecule has 0 bridgehead atoms. The van der Waals surface area contributed by atoms with E-state index in [1.54, 1.807) is 0 Å². The predicted octanol–water partition coefficient (Wildman–Crippen LogP) is 0.612. The molecule has 0 spiro atoms. The van der Waals surface area contributed by atoms with Crippen LogP contribution >= 0.6 is 0 Å². The number of carbonyl (C=O) groups excluding carboxylic acids is 1. The Hall–Kier alpha value is -2.18. The summed E-state index contributed by atoms with van der Waals surface area (Å²) in [5, 5.41) is 19.1. The van der Waals surface area contributed by atoms with E-state index in [-0.39, 0.29) is 12.1 Å². The van der Waals surface area contributed by atoms with Crippen LogP contribution in [-0.2, 0) is 4.79 Å². The molecule has 0 atom stereocenters. The van der Waals surface area contributed by atoms with Gasteiger partial charge in [0.2, 0.25) is 5.88 Å². The van der Waals surface area contributed by atoms with Gasteiger partial charge in [0.25, 0.3) is 5.91 Å². The lowest BCUT2D eigenvalue weighted by atomic mass is 9.74. The van der Waals surface area contributed by atoms with Crippen molar-refractivity contribution in [3.63, 3.8) is 0 Å². The highest BCUT2D eigenvalue weighted by molar-refractivity contribution is 5.93. The summed E-state index contributed by atoms with van der Waals surface area (Å²) < 4.78 is 4.85. The standard InChI is InChI=1S/C12H15N3O4/c1-19-9-4-3-8(14-15-9)11(18)13-12(5-2-6-12)7-10(16)17/h3-4H,2,5-7H2,1H3,(H,13,18)(H,16,17). The monoisotopic (exact) mass is 265 g/mol. The van der Waals surface area contributed by atoms with Crippen molar-refractivity contribution in [3.05, 3.63) is 17.8 Å². The molecule has 1 aliphatic rings. The Bertz CT molecular complexity index is 482. The second-order valence-electron chi connectivity index (χ2n) is 4.62. The van der Waals surface area contributed by atoms with Gasteiger partial charge in [-0.2, -0.15) is 0 Å². The lowest BCUT2D eigenvalue weighted by Crippen LogP contribution is -2.54. The SMILES string of the molecule is COc1ccc(C(=O)NC2(CC(=O)O)CCC2)nn1. The van der Waals surface area contributed by atoms with Crippen LogP contribution in [0, 0.1) is 0 Å². The molecule has 1 heterocycles. The Labute approximate surface area is 110 Å². The summed E-state index contributed by atoms with van der Waals surface area (Å²) in [6.07, 6.45) is 2.20. The van der Waals surface area contributed by atoms with Crippen molar-refractivity contribution in [2.45, 2.75) is 31.2 Å². The highest BCUT2D eigenvalue weighted by atomic mass is 16.5. The van der Waals surface area contributed by atoms with Crippen LogP contribution in [0.3, 0.4) is 0 Å². The van der Waals surface area contributed by atoms with Crippen molar-refractivity contribution < 1.29 is 19.4 Å². The van der Waals surface area contributed by atoms with Gasteiger partial charge in [-0.25, -0.2) is 0 Å². The van der Waals surface area contributed by atoms with Gasteiger partial charge in [-0.1, -0.05) is 0 Å². The number of hydrogen-bond acceptors (Lipinski definition) is 5. The molecule has 102 valence electrons. The van der Waals surface area contributed by atoms with Gasteiger partial charge >= 0.3 is 5.97 Å². The molecule has 1 aromatic heterocycles. The van der Waals surface area contributed by atoms with Crippen molar-refractivity contribution >= 4 is 11.9 Å². The van der Waals surface area contributed by atoms with Crippen molar-refractivity contribution in [2.24, 2.45) is 0 Å². The van der Waals surface area contributed by atoms with Crippen molar-refractivity contribution in [1.29, 1.82) is 0 Å². The minimum atomic E-state index is -0.916. The van der Waals surface area contributed by atoms with Gasteiger partial charge in [0, 0.05) is 6.07 Å². The van der Waals surface area contributed by atoms with Gasteiger partial charge in [-0.05, 0) is 25.3 Å². The Morgan fingerprint density at radius 1 is 1.42 bits per heavy atom. The number of methoxy groups -OCH3 is 1. The molecule has 1 amide bonds. The molecule has 19 heavy (non-hydrogen) atoms. The van der Waals surface area contributed by atoms with Gasteiger partial charge in [0.05, 0.1) is 19.1 Å². The Morgan fingerprint density at radius 2 is 2.16 bits per heavy atom. The molecular formula is C12H15N3O4. The van der Waals surface area contributed by atoms with E-state index in [1.165, 1.54) is 19.2 Å². The zero-order valence-corrected chi connectivity index (χ0v) is 10.5. The van der Waals surface area contributed by atoms with E-state index in [0.29, 0.717) is 18.7 Å². The van der Waals surface area contributed by atoms with Gasteiger partial charge in [0.15, 0.2) is 5.69 Å². The summed E-state index contributed by atoms with van der Waals surface area (Å²) in [7, 11) is 1.46. The maximum atomic E-state index is 12.0. The number of aromatic nitrogens is 2. The third-order valence-corrected chi connectivity index (χ3v) is 3.26. The van der Waals surface area contributed by atoms with Crippen LogP contribution < -0.4 is 10.1 Å². The quantitative estimate of drug-likeness (QED) is 0.809. The molecular weight excluding hydrogens is 250 g/mol. The number of carboxylic acid groups (broad SMARTS) is 1. The largest absolute Gasteiger partial charge is 0.481 e. The molecule has 2 N–H and O–H groups in total. The minimum Gasteiger partial charge on any atom is -0.481 e. The summed E-state index contributed by atoms with van der Waals surface area (Å²) >= 11 is 0. The lowest BCUT2D eigenvalue weighted by molar-refractivity contribution is -0.139. The highest BCUT2D eigenvalue weighted by Gasteiger charge is 2.40. The molecule has 0 aromatic carbocycles. The van der Waals surface area contributed by atoms with E-state index in [0.717, 1.165) is 6.42 Å². The van der Waals surface area contributed by atoms with Crippen LogP contribution in [0.15, 0.2) is 12.1 Å². The van der Waals surface area contributed by atoms with Crippen LogP contribution in [0.25, 0.3) is 0 Å². The van der Waals surface area contributed by atoms with E-state index in [4.69, 9.17) is 9.84 Å². The number of nitrogens with one attached hydrogen (secondary N) is 1. The van der Waals surface area contributed by atoms with Crippen molar-refractivity contribution in [2.75, 3.05) is 7.11 Å². The zero-order chi connectivity index (χ0) is 13.9. The van der Waals surface area contributed by atoms with E-state index in [2.05, 4.69) is 15.5 Å². The molecule has 1 fully saturated rings. The van der Waals surface area contributed by atoms with Gasteiger partial charge < -0.3 is 15.2 Å². The fourth-order valence-electron chi connectivity index (χ4n) is 2.09. The molecule has 0 saturated heterocycles. The highest BCUT2D eigenvalue weighted by Crippen LogP contribution is 2.35. The first-order valence-corrected chi connectivity index (χ1v) is 5.97. The Kier molecular flexibility index (Phi) is 3.64. The minimum absolute atomic E-state index is 0.0671. The van der Waals surface area contributed by atoms with E-state index >= 15 is 0 Å². The predicted molar refractivity (Wildman–Crippen MR) is 64.9 cm³/mol. The number of rotatable bonds is 5. The maximum Gasteiger partial charge on any atom is 0.305 e. The number of carbonyl (C=O) groups is 2. The third kappa shape index (κ3) is 2.98. The molecule has 1 saturated carbocycles. The van der Waals surface area contributed by atoms with Crippen LogP contribution in [0.4, 0.5) is 0 Å². The second-order valence-corrected chi connectivity index (χ2v) is 4.62. The molecule has 2 rings (SSSR count). The third-order valence-electron chi connectivity index (χ3n) is 3.26. The smallest absolute Gasteiger partial charge is 0.305 e. The van der Waals surface area contributed by atoms with Gasteiger partial charge in [0.1, 0.15) is 0 Å². The van der Waals surface area contributed by atoms with E-state index < -0.39 is 17.4 Å². The van der Waals surface area contributed by atoms with Gasteiger partial charge in [-0.15, -0.1) is 10.2 Å². The maximum absolute atomic E-state index is 12.0. The first kappa shape index (κ1) is 13.3. The summed E-state index contributed by atoms with van der Waals surface area (Å²) in [4.78, 5) is 22.8. The average molecular weight is 265 g/mol. The average Bonchev–Trinajstić information content (AvgIpc) is 2.35. The molecule has 1 aromatic rings. The van der Waals surface area contributed by atoms with Crippen LogP contribution in [0.5, 0.6) is 5.88 Å². The first-order chi connectivity index (χ1) is 9.04. The molecule has 7 heteroatoms. The van der Waals surface area contributed by atoms with E-state index in [1.807, 2.05) is 0 Å². The number of nitrogens with zero attached hydrogens (tertiary/aromatic N) is 2. The Morgan fingerprint density at radius 3 is 2.58 bits per heavy atom. The fraction of sp³-hybridized carbons (Fsp3) is 0.500. The van der Waals surface area contributed by atoms with Crippen LogP contribution in [0.2, 0.25) is 0 Å². The molecule has 0 unspecified atom stereocenters. The summed E-state index contributed by atoms with van der Waals surface area (Å²) in [6, 6.07) is 3.03. The number of hydrogen-bond donors (Lipinski definition) is 2. The Balaban J connectivity index is 2.04. The van der Waals surface area contributed by atoms with E-state index in [9.17, 15) is 9.59 Å². The molecule has 0 radical (unpaired) electrons. The van der Waals surface area contributed by atoms with Crippen molar-refractivity contribution in [1.82, 2.24) is 15.5 Å². The number of carboxylic acids is 1. The number of ether oxygens (including phenoxy) is 1. The van der Waals surface area contributed by atoms with Crippen molar-refractivity contribution in [3.8, 4) is 5.88 Å². The zero-order valence-electron chi connectivity index (χ0n) is 10.5.